The first-order valence-electron chi connectivity index (χ1n) is 7.10. The summed E-state index contributed by atoms with van der Waals surface area (Å²) < 4.78 is 21.4. The van der Waals surface area contributed by atoms with Gasteiger partial charge in [0.25, 0.3) is 0 Å². The molecule has 1 heterocycles. The minimum absolute atomic E-state index is 0.124. The van der Waals surface area contributed by atoms with Crippen molar-refractivity contribution < 1.29 is 23.7 Å². The predicted molar refractivity (Wildman–Crippen MR) is 75.4 cm³/mol. The van der Waals surface area contributed by atoms with Crippen LogP contribution < -0.4 is 15.2 Å². The first-order chi connectivity index (χ1) is 10.2. The zero-order chi connectivity index (χ0) is 14.8. The lowest BCUT2D eigenvalue weighted by Crippen LogP contribution is -2.29. The van der Waals surface area contributed by atoms with Gasteiger partial charge in [0.1, 0.15) is 6.10 Å². The van der Waals surface area contributed by atoms with Crippen LogP contribution in [0.25, 0.3) is 0 Å². The first kappa shape index (κ1) is 14.0. The topological polar surface area (TPSA) is 80.0 Å². The summed E-state index contributed by atoms with van der Waals surface area (Å²) in [6, 6.07) is 3.17. The zero-order valence-electron chi connectivity index (χ0n) is 12.0. The number of fused-ring (bicyclic) bond motifs is 1. The summed E-state index contributed by atoms with van der Waals surface area (Å²) in [6.07, 6.45) is 3.62. The summed E-state index contributed by atoms with van der Waals surface area (Å²) in [6.45, 7) is 0.144. The van der Waals surface area contributed by atoms with E-state index in [0.717, 1.165) is 25.7 Å². The minimum atomic E-state index is -0.424. The van der Waals surface area contributed by atoms with Gasteiger partial charge in [-0.15, -0.1) is 0 Å². The van der Waals surface area contributed by atoms with Gasteiger partial charge >= 0.3 is 5.97 Å². The number of carbonyl (C=O) groups is 1. The average molecular weight is 293 g/mol. The van der Waals surface area contributed by atoms with Gasteiger partial charge in [0, 0.05) is 25.7 Å². The van der Waals surface area contributed by atoms with Crippen molar-refractivity contribution in [2.75, 3.05) is 19.6 Å². The number of hydrogen-bond acceptors (Lipinski definition) is 6. The van der Waals surface area contributed by atoms with Gasteiger partial charge < -0.3 is 24.7 Å². The Balaban J connectivity index is 1.71. The molecule has 6 nitrogen and oxygen atoms in total. The molecule has 3 rings (SSSR count). The van der Waals surface area contributed by atoms with E-state index in [1.165, 1.54) is 0 Å². The Morgan fingerprint density at radius 1 is 1.24 bits per heavy atom. The van der Waals surface area contributed by atoms with Crippen molar-refractivity contribution in [2.45, 2.75) is 37.9 Å². The Morgan fingerprint density at radius 3 is 2.71 bits per heavy atom. The monoisotopic (exact) mass is 293 g/mol. The molecule has 0 saturated heterocycles. The fourth-order valence-corrected chi connectivity index (χ4v) is 2.77. The van der Waals surface area contributed by atoms with Crippen LogP contribution in [0.3, 0.4) is 0 Å². The van der Waals surface area contributed by atoms with E-state index in [-0.39, 0.29) is 19.0 Å². The second-order valence-corrected chi connectivity index (χ2v) is 5.34. The van der Waals surface area contributed by atoms with Gasteiger partial charge in [-0.2, -0.15) is 0 Å². The number of rotatable bonds is 3. The van der Waals surface area contributed by atoms with E-state index >= 15 is 0 Å². The summed E-state index contributed by atoms with van der Waals surface area (Å²) in [7, 11) is 1.69. The Morgan fingerprint density at radius 2 is 1.95 bits per heavy atom. The number of benzene rings is 1. The lowest BCUT2D eigenvalue weighted by molar-refractivity contribution is -0.0148. The van der Waals surface area contributed by atoms with Crippen LogP contribution in [-0.4, -0.2) is 32.1 Å². The first-order valence-corrected chi connectivity index (χ1v) is 7.10. The van der Waals surface area contributed by atoms with E-state index in [1.54, 1.807) is 19.2 Å². The van der Waals surface area contributed by atoms with Crippen molar-refractivity contribution in [2.24, 2.45) is 0 Å². The highest BCUT2D eigenvalue weighted by Crippen LogP contribution is 2.36. The summed E-state index contributed by atoms with van der Waals surface area (Å²) in [5.41, 5.74) is 6.55. The number of anilines is 1. The van der Waals surface area contributed by atoms with E-state index in [0.29, 0.717) is 22.7 Å². The summed E-state index contributed by atoms with van der Waals surface area (Å²) in [5, 5.41) is 0. The Bertz CT molecular complexity index is 545. The van der Waals surface area contributed by atoms with Crippen molar-refractivity contribution in [1.29, 1.82) is 0 Å². The average Bonchev–Trinajstić information content (AvgIpc) is 2.93. The van der Waals surface area contributed by atoms with Crippen LogP contribution in [0, 0.1) is 0 Å². The molecule has 0 spiro atoms. The number of nitrogen functional groups attached to an aromatic ring is 1. The fraction of sp³-hybridized carbons (Fsp3) is 0.533. The maximum Gasteiger partial charge on any atom is 0.340 e. The Kier molecular flexibility index (Phi) is 3.88. The van der Waals surface area contributed by atoms with Gasteiger partial charge in [-0.05, 0) is 19.3 Å². The van der Waals surface area contributed by atoms with Gasteiger partial charge in [-0.1, -0.05) is 0 Å². The van der Waals surface area contributed by atoms with Crippen LogP contribution in [0.2, 0.25) is 0 Å². The summed E-state index contributed by atoms with van der Waals surface area (Å²) in [4.78, 5) is 12.3. The lowest BCUT2D eigenvalue weighted by Gasteiger charge is -2.28. The van der Waals surface area contributed by atoms with Crippen LogP contribution >= 0.6 is 0 Å². The standard InChI is InChI=1S/C15H19NO5/c1-18-9-3-2-4-10(5-9)21-15(17)11-6-13-14(7-12(11)16)20-8-19-13/h6-7,9-10H,2-5,8,16H2,1H3. The number of ether oxygens (including phenoxy) is 4. The van der Waals surface area contributed by atoms with Gasteiger partial charge in [-0.3, -0.25) is 0 Å². The lowest BCUT2D eigenvalue weighted by atomic mass is 9.95. The second-order valence-electron chi connectivity index (χ2n) is 5.34. The number of carbonyl (C=O) groups excluding carboxylic acids is 1. The van der Waals surface area contributed by atoms with Gasteiger partial charge in [0.2, 0.25) is 6.79 Å². The fourth-order valence-electron chi connectivity index (χ4n) is 2.77. The number of nitrogens with two attached hydrogens (primary N) is 1. The molecule has 0 radical (unpaired) electrons. The maximum atomic E-state index is 12.3. The third kappa shape index (κ3) is 2.90. The van der Waals surface area contributed by atoms with E-state index in [9.17, 15) is 4.79 Å². The molecule has 1 aliphatic heterocycles. The molecular weight excluding hydrogens is 274 g/mol. The van der Waals surface area contributed by atoms with Crippen molar-refractivity contribution in [3.63, 3.8) is 0 Å². The highest BCUT2D eigenvalue weighted by Gasteiger charge is 2.27. The minimum Gasteiger partial charge on any atom is -0.459 e. The molecule has 1 saturated carbocycles. The van der Waals surface area contributed by atoms with Gasteiger partial charge in [-0.25, -0.2) is 4.79 Å². The Hall–Kier alpha value is -1.95. The highest BCUT2D eigenvalue weighted by molar-refractivity contribution is 5.96. The molecule has 1 aromatic rings. The highest BCUT2D eigenvalue weighted by atomic mass is 16.7. The van der Waals surface area contributed by atoms with Gasteiger partial charge in [0.05, 0.1) is 17.4 Å². The molecule has 0 bridgehead atoms. The number of esters is 1. The summed E-state index contributed by atoms with van der Waals surface area (Å²) >= 11 is 0. The number of methoxy groups -OCH3 is 1. The Labute approximate surface area is 123 Å². The molecule has 114 valence electrons. The SMILES string of the molecule is COC1CCCC(OC(=O)c2cc3c(cc2N)OCO3)C1. The van der Waals surface area contributed by atoms with Crippen LogP contribution in [0.15, 0.2) is 12.1 Å². The molecule has 0 aromatic heterocycles. The molecule has 0 amide bonds. The van der Waals surface area contributed by atoms with Crippen LogP contribution in [0.1, 0.15) is 36.0 Å². The van der Waals surface area contributed by atoms with Crippen molar-refractivity contribution in [3.05, 3.63) is 17.7 Å². The van der Waals surface area contributed by atoms with E-state index in [1.807, 2.05) is 0 Å². The predicted octanol–water partition coefficient (Wildman–Crippen LogP) is 2.11. The van der Waals surface area contributed by atoms with Crippen LogP contribution in [-0.2, 0) is 9.47 Å². The van der Waals surface area contributed by atoms with Gasteiger partial charge in [0.15, 0.2) is 11.5 Å². The molecule has 1 aliphatic carbocycles. The van der Waals surface area contributed by atoms with E-state index < -0.39 is 5.97 Å². The third-order valence-corrected chi connectivity index (χ3v) is 3.95. The van der Waals surface area contributed by atoms with Crippen molar-refractivity contribution >= 4 is 11.7 Å². The molecule has 1 fully saturated rings. The van der Waals surface area contributed by atoms with Crippen LogP contribution in [0.4, 0.5) is 5.69 Å². The van der Waals surface area contributed by atoms with Crippen molar-refractivity contribution in [1.82, 2.24) is 0 Å². The third-order valence-electron chi connectivity index (χ3n) is 3.95. The maximum absolute atomic E-state index is 12.3. The molecule has 2 unspecified atom stereocenters. The molecule has 1 aromatic carbocycles. The molecule has 6 heteroatoms. The van der Waals surface area contributed by atoms with E-state index in [2.05, 4.69) is 0 Å². The molecule has 2 N–H and O–H groups in total. The number of hydrogen-bond donors (Lipinski definition) is 1. The normalized spacial score (nSPS) is 23.9. The van der Waals surface area contributed by atoms with Crippen molar-refractivity contribution in [3.8, 4) is 11.5 Å². The second kappa shape index (κ2) is 5.81. The zero-order valence-corrected chi connectivity index (χ0v) is 12.0. The van der Waals surface area contributed by atoms with E-state index in [4.69, 9.17) is 24.7 Å². The molecular formula is C15H19NO5. The summed E-state index contributed by atoms with van der Waals surface area (Å²) in [5.74, 6) is 0.656. The quantitative estimate of drug-likeness (QED) is 0.679. The largest absolute Gasteiger partial charge is 0.459 e. The molecule has 2 aliphatic rings. The smallest absolute Gasteiger partial charge is 0.340 e. The molecule has 21 heavy (non-hydrogen) atoms. The molecule has 2 atom stereocenters. The van der Waals surface area contributed by atoms with Crippen LogP contribution in [0.5, 0.6) is 11.5 Å².